The van der Waals surface area contributed by atoms with Crippen LogP contribution < -0.4 is 5.56 Å². The van der Waals surface area contributed by atoms with E-state index in [1.165, 1.54) is 23.1 Å². The van der Waals surface area contributed by atoms with Gasteiger partial charge in [-0.3, -0.25) is 9.78 Å². The van der Waals surface area contributed by atoms with Crippen molar-refractivity contribution < 1.29 is 5.11 Å². The molecule has 2 heterocycles. The first-order valence-electron chi connectivity index (χ1n) is 6.56. The van der Waals surface area contributed by atoms with Crippen LogP contribution in [0.4, 0.5) is 5.13 Å². The van der Waals surface area contributed by atoms with E-state index < -0.39 is 5.56 Å². The fourth-order valence-corrected chi connectivity index (χ4v) is 3.02. The third-order valence-electron chi connectivity index (χ3n) is 3.11. The smallest absolute Gasteiger partial charge is 0.264 e. The molecule has 0 radical (unpaired) electrons. The zero-order chi connectivity index (χ0) is 15.7. The molecule has 0 saturated carbocycles. The number of aromatic amines is 2. The highest BCUT2D eigenvalue weighted by Crippen LogP contribution is 2.28. The second-order valence-electron chi connectivity index (χ2n) is 4.58. The molecule has 2 aromatic heterocycles. The summed E-state index contributed by atoms with van der Waals surface area (Å²) in [5.41, 5.74) is 1.61. The predicted octanol–water partition coefficient (Wildman–Crippen LogP) is 3.06. The SMILES string of the molecule is CCc1ccc2nc(/N=C/c3c(O)[nH]c(=S)[nH]c3=O)sc2c1. The lowest BCUT2D eigenvalue weighted by molar-refractivity contribution is 0.449. The maximum absolute atomic E-state index is 11.7. The highest BCUT2D eigenvalue weighted by Gasteiger charge is 2.06. The monoisotopic (exact) mass is 332 g/mol. The van der Waals surface area contributed by atoms with E-state index in [-0.39, 0.29) is 16.2 Å². The Hall–Kier alpha value is -2.32. The van der Waals surface area contributed by atoms with Crippen molar-refractivity contribution in [2.24, 2.45) is 4.99 Å². The highest BCUT2D eigenvalue weighted by atomic mass is 32.1. The number of aromatic hydroxyl groups is 1. The van der Waals surface area contributed by atoms with Crippen molar-refractivity contribution in [3.63, 3.8) is 0 Å². The molecule has 3 aromatic rings. The Labute approximate surface area is 134 Å². The van der Waals surface area contributed by atoms with Crippen LogP contribution in [0.25, 0.3) is 10.2 Å². The number of H-pyrrole nitrogens is 2. The third-order valence-corrected chi connectivity index (χ3v) is 4.24. The van der Waals surface area contributed by atoms with E-state index in [0.717, 1.165) is 16.6 Å². The Morgan fingerprint density at radius 2 is 2.27 bits per heavy atom. The molecule has 0 amide bonds. The molecule has 0 atom stereocenters. The first-order valence-corrected chi connectivity index (χ1v) is 7.78. The number of nitrogens with one attached hydrogen (secondary N) is 2. The van der Waals surface area contributed by atoms with Crippen LogP contribution in [-0.2, 0) is 6.42 Å². The Morgan fingerprint density at radius 1 is 1.45 bits per heavy atom. The van der Waals surface area contributed by atoms with Gasteiger partial charge in [0, 0.05) is 6.21 Å². The van der Waals surface area contributed by atoms with E-state index in [9.17, 15) is 9.90 Å². The van der Waals surface area contributed by atoms with Gasteiger partial charge in [-0.2, -0.15) is 0 Å². The average Bonchev–Trinajstić information content (AvgIpc) is 2.87. The zero-order valence-electron chi connectivity index (χ0n) is 11.6. The summed E-state index contributed by atoms with van der Waals surface area (Å²) in [5, 5.41) is 10.2. The fraction of sp³-hybridized carbons (Fsp3) is 0.143. The molecule has 3 N–H and O–H groups in total. The number of benzene rings is 1. The normalized spacial score (nSPS) is 11.5. The maximum Gasteiger partial charge on any atom is 0.264 e. The van der Waals surface area contributed by atoms with Gasteiger partial charge in [-0.05, 0) is 36.3 Å². The lowest BCUT2D eigenvalue weighted by Gasteiger charge is -1.95. The number of aliphatic imine (C=N–C) groups is 1. The van der Waals surface area contributed by atoms with Gasteiger partial charge in [-0.1, -0.05) is 24.3 Å². The second kappa shape index (κ2) is 5.82. The van der Waals surface area contributed by atoms with Gasteiger partial charge in [0.2, 0.25) is 11.0 Å². The van der Waals surface area contributed by atoms with Crippen molar-refractivity contribution in [3.8, 4) is 5.88 Å². The number of rotatable bonds is 3. The molecule has 8 heteroatoms. The molecule has 1 aromatic carbocycles. The van der Waals surface area contributed by atoms with Gasteiger partial charge < -0.3 is 10.1 Å². The van der Waals surface area contributed by atoms with Crippen molar-refractivity contribution in [2.45, 2.75) is 13.3 Å². The third kappa shape index (κ3) is 2.83. The number of fused-ring (bicyclic) bond motifs is 1. The summed E-state index contributed by atoms with van der Waals surface area (Å²) in [6.07, 6.45) is 2.23. The fourth-order valence-electron chi connectivity index (χ4n) is 1.96. The first-order chi connectivity index (χ1) is 10.6. The Bertz CT molecular complexity index is 984. The lowest BCUT2D eigenvalue weighted by atomic mass is 10.2. The molecule has 112 valence electrons. The summed E-state index contributed by atoms with van der Waals surface area (Å²) in [6, 6.07) is 6.06. The second-order valence-corrected chi connectivity index (χ2v) is 6.00. The number of hydrogen-bond acceptors (Lipinski definition) is 6. The summed E-state index contributed by atoms with van der Waals surface area (Å²) in [6.45, 7) is 2.09. The summed E-state index contributed by atoms with van der Waals surface area (Å²) < 4.78 is 1.10. The molecule has 3 rings (SSSR count). The number of aromatic nitrogens is 3. The Balaban J connectivity index is 1.99. The standard InChI is InChI=1S/C14H12N4O2S2/c1-2-7-3-4-9-10(5-7)22-14(16-9)15-6-8-11(19)17-13(21)18-12(8)20/h3-6H,2H2,1H3,(H3,17,18,19,20,21)/b15-6+. The summed E-state index contributed by atoms with van der Waals surface area (Å²) in [7, 11) is 0. The van der Waals surface area contributed by atoms with Crippen LogP contribution in [0, 0.1) is 4.77 Å². The minimum Gasteiger partial charge on any atom is -0.494 e. The van der Waals surface area contributed by atoms with Crippen LogP contribution in [0.2, 0.25) is 0 Å². The van der Waals surface area contributed by atoms with Crippen LogP contribution in [0.5, 0.6) is 5.88 Å². The summed E-state index contributed by atoms with van der Waals surface area (Å²) >= 11 is 6.19. The van der Waals surface area contributed by atoms with Crippen molar-refractivity contribution in [3.05, 3.63) is 44.5 Å². The van der Waals surface area contributed by atoms with E-state index >= 15 is 0 Å². The van der Waals surface area contributed by atoms with Gasteiger partial charge in [0.15, 0.2) is 4.77 Å². The van der Waals surface area contributed by atoms with Crippen molar-refractivity contribution in [1.82, 2.24) is 15.0 Å². The Kier molecular flexibility index (Phi) is 3.86. The van der Waals surface area contributed by atoms with Crippen molar-refractivity contribution in [1.29, 1.82) is 0 Å². The zero-order valence-corrected chi connectivity index (χ0v) is 13.2. The molecular formula is C14H12N4O2S2. The van der Waals surface area contributed by atoms with Gasteiger partial charge >= 0.3 is 0 Å². The van der Waals surface area contributed by atoms with E-state index in [1.54, 1.807) is 0 Å². The topological polar surface area (TPSA) is 94.1 Å². The molecule has 0 aliphatic rings. The summed E-state index contributed by atoms with van der Waals surface area (Å²) in [5.74, 6) is -0.313. The van der Waals surface area contributed by atoms with E-state index in [4.69, 9.17) is 12.2 Å². The molecule has 0 fully saturated rings. The maximum atomic E-state index is 11.7. The lowest BCUT2D eigenvalue weighted by Crippen LogP contribution is -2.13. The van der Waals surface area contributed by atoms with Gasteiger partial charge in [0.1, 0.15) is 5.56 Å². The molecule has 0 aliphatic heterocycles. The largest absolute Gasteiger partial charge is 0.494 e. The quantitative estimate of drug-likeness (QED) is 0.507. The van der Waals surface area contributed by atoms with Gasteiger partial charge in [-0.25, -0.2) is 9.98 Å². The number of nitrogens with zero attached hydrogens (tertiary/aromatic N) is 2. The molecule has 22 heavy (non-hydrogen) atoms. The van der Waals surface area contributed by atoms with Crippen molar-refractivity contribution in [2.75, 3.05) is 0 Å². The summed E-state index contributed by atoms with van der Waals surface area (Å²) in [4.78, 5) is 25.1. The van der Waals surface area contributed by atoms with Crippen molar-refractivity contribution >= 4 is 45.1 Å². The van der Waals surface area contributed by atoms with Gasteiger partial charge in [0.05, 0.1) is 10.2 Å². The molecule has 0 spiro atoms. The van der Waals surface area contributed by atoms with Gasteiger partial charge in [0.25, 0.3) is 5.56 Å². The molecule has 6 nitrogen and oxygen atoms in total. The number of aryl methyl sites for hydroxylation is 1. The van der Waals surface area contributed by atoms with E-state index in [1.807, 2.05) is 12.1 Å². The minimum absolute atomic E-state index is 0.0158. The molecule has 0 aliphatic carbocycles. The van der Waals surface area contributed by atoms with E-state index in [0.29, 0.717) is 5.13 Å². The molecule has 0 bridgehead atoms. The molecular weight excluding hydrogens is 320 g/mol. The highest BCUT2D eigenvalue weighted by molar-refractivity contribution is 7.71. The average molecular weight is 332 g/mol. The number of hydrogen-bond donors (Lipinski definition) is 3. The van der Waals surface area contributed by atoms with Crippen LogP contribution in [0.3, 0.4) is 0 Å². The van der Waals surface area contributed by atoms with Crippen LogP contribution >= 0.6 is 23.6 Å². The number of thiazole rings is 1. The Morgan fingerprint density at radius 3 is 3.00 bits per heavy atom. The van der Waals surface area contributed by atoms with Crippen LogP contribution in [-0.4, -0.2) is 26.3 Å². The minimum atomic E-state index is -0.501. The van der Waals surface area contributed by atoms with Crippen LogP contribution in [0.1, 0.15) is 18.1 Å². The first kappa shape index (κ1) is 14.6. The van der Waals surface area contributed by atoms with Gasteiger partial charge in [-0.15, -0.1) is 0 Å². The van der Waals surface area contributed by atoms with Crippen LogP contribution in [0.15, 0.2) is 28.0 Å². The predicted molar refractivity (Wildman–Crippen MR) is 90.2 cm³/mol. The molecule has 0 saturated heterocycles. The molecule has 0 unspecified atom stereocenters. The van der Waals surface area contributed by atoms with E-state index in [2.05, 4.69) is 32.9 Å².